The van der Waals surface area contributed by atoms with Crippen molar-refractivity contribution >= 4 is 40.9 Å². The van der Waals surface area contributed by atoms with E-state index in [9.17, 15) is 14.4 Å². The lowest BCUT2D eigenvalue weighted by atomic mass is 9.81. The molecule has 0 saturated heterocycles. The van der Waals surface area contributed by atoms with Crippen molar-refractivity contribution < 1.29 is 23.8 Å². The number of aryl methyl sites for hydroxylation is 2. The van der Waals surface area contributed by atoms with Crippen LogP contribution in [0.25, 0.3) is 0 Å². The fourth-order valence-corrected chi connectivity index (χ4v) is 5.80. The number of rotatable bonds is 4. The van der Waals surface area contributed by atoms with Gasteiger partial charge in [-0.1, -0.05) is 23.2 Å². The lowest BCUT2D eigenvalue weighted by Crippen LogP contribution is -2.48. The Morgan fingerprint density at radius 1 is 1.10 bits per heavy atom. The Balaban J connectivity index is 1.50. The van der Waals surface area contributed by atoms with Crippen LogP contribution in [0.4, 0.5) is 10.5 Å². The number of carbonyl (C=O) groups is 2. The Kier molecular flexibility index (Phi) is 7.89. The first-order valence-electron chi connectivity index (χ1n) is 13.0. The van der Waals surface area contributed by atoms with Crippen LogP contribution in [0, 0.1) is 19.8 Å². The smallest absolute Gasteiger partial charge is 0.407 e. The highest BCUT2D eigenvalue weighted by molar-refractivity contribution is 6.39. The molecule has 2 heterocycles. The first-order chi connectivity index (χ1) is 18.1. The Morgan fingerprint density at radius 3 is 2.31 bits per heavy atom. The van der Waals surface area contributed by atoms with Crippen LogP contribution in [-0.4, -0.2) is 41.5 Å². The molecule has 2 aliphatic rings. The van der Waals surface area contributed by atoms with Crippen molar-refractivity contribution in [3.63, 3.8) is 0 Å². The highest BCUT2D eigenvalue weighted by Crippen LogP contribution is 2.53. The number of benzene rings is 1. The predicted octanol–water partition coefficient (Wildman–Crippen LogP) is 6.15. The highest BCUT2D eigenvalue weighted by Gasteiger charge is 2.48. The van der Waals surface area contributed by atoms with Gasteiger partial charge in [-0.2, -0.15) is 0 Å². The molecule has 2 N–H and O–H groups in total. The molecule has 0 spiro atoms. The van der Waals surface area contributed by atoms with Gasteiger partial charge in [0.1, 0.15) is 11.3 Å². The molecule has 4 rings (SSSR count). The second-order valence-corrected chi connectivity index (χ2v) is 12.3. The van der Waals surface area contributed by atoms with E-state index in [0.29, 0.717) is 11.3 Å². The number of H-pyrrole nitrogens is 1. The van der Waals surface area contributed by atoms with Crippen LogP contribution >= 0.6 is 23.2 Å². The molecular weight excluding hydrogens is 545 g/mol. The molecule has 39 heavy (non-hydrogen) atoms. The van der Waals surface area contributed by atoms with E-state index in [1.165, 1.54) is 18.0 Å². The van der Waals surface area contributed by atoms with Crippen LogP contribution in [0.15, 0.2) is 16.9 Å². The average molecular weight is 581 g/mol. The van der Waals surface area contributed by atoms with Gasteiger partial charge in [0.05, 0.1) is 15.6 Å². The number of fused-ring (bicyclic) bond motifs is 1. The van der Waals surface area contributed by atoms with E-state index < -0.39 is 23.4 Å². The van der Waals surface area contributed by atoms with E-state index >= 15 is 0 Å². The molecule has 1 saturated carbocycles. The monoisotopic (exact) mass is 579 g/mol. The summed E-state index contributed by atoms with van der Waals surface area (Å²) in [4.78, 5) is 42.2. The molecule has 1 aliphatic carbocycles. The van der Waals surface area contributed by atoms with E-state index in [4.69, 9.17) is 37.4 Å². The normalized spacial score (nSPS) is 22.4. The Morgan fingerprint density at radius 2 is 1.72 bits per heavy atom. The summed E-state index contributed by atoms with van der Waals surface area (Å²) in [6.45, 7) is 10.8. The Bertz CT molecular complexity index is 1360. The van der Waals surface area contributed by atoms with Crippen LogP contribution in [-0.2, 0) is 4.74 Å². The lowest BCUT2D eigenvalue weighted by molar-refractivity contribution is -0.121. The summed E-state index contributed by atoms with van der Waals surface area (Å²) in [5, 5.41) is 3.19. The molecule has 212 valence electrons. The zero-order valence-corrected chi connectivity index (χ0v) is 24.8. The van der Waals surface area contributed by atoms with Crippen molar-refractivity contribution in [2.45, 2.75) is 84.7 Å². The molecule has 2 aromatic rings. The molecule has 0 radical (unpaired) electrons. The lowest BCUT2D eigenvalue weighted by Gasteiger charge is -2.37. The van der Waals surface area contributed by atoms with Crippen molar-refractivity contribution in [3.05, 3.63) is 49.4 Å². The number of ether oxygens (including phenoxy) is 3. The van der Waals surface area contributed by atoms with Gasteiger partial charge in [-0.25, -0.2) is 4.79 Å². The molecule has 1 aliphatic heterocycles. The topological polar surface area (TPSA) is 110 Å². The standard InChI is InChI=1S/C28H35Cl2N3O6/c1-14-12-15(2)31-24(34)21(14)33(7)25(35)18-13-19(29)22-23(20(18)30)38-28(6,37-22)16-8-10-17(11-9-16)32-26(36)39-27(3,4)5/h12-13,16-17H,8-11H2,1-7H3,(H,31,34)(H,32,36)/t16-,17-,28?. The van der Waals surface area contributed by atoms with E-state index in [1.54, 1.807) is 19.9 Å². The number of halogens is 2. The largest absolute Gasteiger partial charge is 0.447 e. The number of anilines is 1. The number of aromatic nitrogens is 1. The van der Waals surface area contributed by atoms with E-state index in [0.717, 1.165) is 25.7 Å². The third-order valence-electron chi connectivity index (χ3n) is 7.13. The van der Waals surface area contributed by atoms with Crippen molar-refractivity contribution in [2.24, 2.45) is 5.92 Å². The van der Waals surface area contributed by atoms with Crippen LogP contribution in [0.2, 0.25) is 10.0 Å². The van der Waals surface area contributed by atoms with Gasteiger partial charge in [0.15, 0.2) is 11.5 Å². The first kappa shape index (κ1) is 29.1. The number of pyridine rings is 1. The van der Waals surface area contributed by atoms with Crippen molar-refractivity contribution in [3.8, 4) is 11.5 Å². The number of nitrogens with one attached hydrogen (secondary N) is 2. The van der Waals surface area contributed by atoms with Crippen molar-refractivity contribution in [2.75, 3.05) is 11.9 Å². The number of nitrogens with zero attached hydrogens (tertiary/aromatic N) is 1. The quantitative estimate of drug-likeness (QED) is 0.449. The van der Waals surface area contributed by atoms with Gasteiger partial charge in [-0.3, -0.25) is 9.59 Å². The van der Waals surface area contributed by atoms with Crippen LogP contribution < -0.4 is 25.2 Å². The van der Waals surface area contributed by atoms with Gasteiger partial charge in [-0.15, -0.1) is 0 Å². The SMILES string of the molecule is Cc1cc(C)c(N(C)C(=O)c2cc(Cl)c3c(c2Cl)OC(C)([C@H]2CC[C@H](NC(=O)OC(C)(C)C)CC2)O3)c(=O)[nH]1. The van der Waals surface area contributed by atoms with Crippen LogP contribution in [0.5, 0.6) is 11.5 Å². The van der Waals surface area contributed by atoms with Gasteiger partial charge >= 0.3 is 6.09 Å². The second kappa shape index (κ2) is 10.6. The summed E-state index contributed by atoms with van der Waals surface area (Å²) in [5.74, 6) is -1.09. The number of aromatic amines is 1. The molecular formula is C28H35Cl2N3O6. The zero-order chi connectivity index (χ0) is 28.9. The first-order valence-corrected chi connectivity index (χ1v) is 13.7. The third kappa shape index (κ3) is 5.99. The predicted molar refractivity (Wildman–Crippen MR) is 151 cm³/mol. The van der Waals surface area contributed by atoms with Gasteiger partial charge in [0.2, 0.25) is 0 Å². The van der Waals surface area contributed by atoms with Crippen LogP contribution in [0.3, 0.4) is 0 Å². The van der Waals surface area contributed by atoms with Gasteiger partial charge < -0.3 is 29.4 Å². The van der Waals surface area contributed by atoms with Gasteiger partial charge in [0, 0.05) is 31.6 Å². The summed E-state index contributed by atoms with van der Waals surface area (Å²) in [6, 6.07) is 3.22. The van der Waals surface area contributed by atoms with Gasteiger partial charge in [0.25, 0.3) is 17.3 Å². The Hall–Kier alpha value is -2.91. The summed E-state index contributed by atoms with van der Waals surface area (Å²) in [7, 11) is 1.51. The van der Waals surface area contributed by atoms with Gasteiger partial charge in [-0.05, 0) is 78.0 Å². The molecule has 11 heteroatoms. The number of alkyl carbamates (subject to hydrolysis) is 1. The second-order valence-electron chi connectivity index (χ2n) is 11.5. The number of carbonyl (C=O) groups excluding carboxylic acids is 2. The van der Waals surface area contributed by atoms with Crippen molar-refractivity contribution in [1.82, 2.24) is 10.3 Å². The van der Waals surface area contributed by atoms with E-state index in [1.807, 2.05) is 27.7 Å². The molecule has 9 nitrogen and oxygen atoms in total. The maximum Gasteiger partial charge on any atom is 0.407 e. The van der Waals surface area contributed by atoms with E-state index in [2.05, 4.69) is 10.3 Å². The molecule has 1 atom stereocenters. The Labute approximate surface area is 238 Å². The minimum atomic E-state index is -1.05. The average Bonchev–Trinajstić information content (AvgIpc) is 3.19. The summed E-state index contributed by atoms with van der Waals surface area (Å²) < 4.78 is 17.9. The number of hydrogen-bond donors (Lipinski definition) is 2. The fourth-order valence-electron chi connectivity index (χ4n) is 5.30. The minimum absolute atomic E-state index is 0.00990. The fraction of sp³-hybridized carbons (Fsp3) is 0.536. The molecule has 0 bridgehead atoms. The zero-order valence-electron chi connectivity index (χ0n) is 23.3. The molecule has 1 aromatic heterocycles. The molecule has 1 aromatic carbocycles. The number of amides is 2. The minimum Gasteiger partial charge on any atom is -0.447 e. The summed E-state index contributed by atoms with van der Waals surface area (Å²) >= 11 is 13.3. The highest BCUT2D eigenvalue weighted by atomic mass is 35.5. The third-order valence-corrected chi connectivity index (χ3v) is 7.79. The van der Waals surface area contributed by atoms with Crippen molar-refractivity contribution in [1.29, 1.82) is 0 Å². The van der Waals surface area contributed by atoms with Crippen LogP contribution in [0.1, 0.15) is 75.0 Å². The maximum atomic E-state index is 13.5. The molecule has 1 unspecified atom stereocenters. The summed E-state index contributed by atoms with van der Waals surface area (Å²) in [5.41, 5.74) is 0.724. The summed E-state index contributed by atoms with van der Waals surface area (Å²) in [6.07, 6.45) is 2.47. The maximum absolute atomic E-state index is 13.5. The molecule has 2 amide bonds. The molecule has 1 fully saturated rings. The van der Waals surface area contributed by atoms with E-state index in [-0.39, 0.29) is 50.3 Å². The number of hydrogen-bond acceptors (Lipinski definition) is 6.